The number of ether oxygens (including phenoxy) is 1. The lowest BCUT2D eigenvalue weighted by molar-refractivity contribution is -0.0508. The third-order valence-electron chi connectivity index (χ3n) is 4.68. The van der Waals surface area contributed by atoms with Crippen LogP contribution < -0.4 is 5.73 Å². The average molecular weight is 467 g/mol. The van der Waals surface area contributed by atoms with Gasteiger partial charge in [0.2, 0.25) is 0 Å². The minimum Gasteiger partial charge on any atom is -0.508 e. The van der Waals surface area contributed by atoms with Crippen LogP contribution in [0, 0.1) is 0 Å². The molecule has 0 bridgehead atoms. The molecule has 5 atom stereocenters. The molecule has 170 valence electrons. The van der Waals surface area contributed by atoms with Crippen molar-refractivity contribution in [1.29, 1.82) is 0 Å². The fourth-order valence-corrected chi connectivity index (χ4v) is 3.84. The number of nitrogens with two attached hydrogens (primary N) is 1. The third-order valence-corrected chi connectivity index (χ3v) is 5.55. The molecule has 0 radical (unpaired) electrons. The number of aromatic nitrogens is 4. The number of phosphoric acid groups is 1. The van der Waals surface area contributed by atoms with E-state index in [1.54, 1.807) is 0 Å². The topological polar surface area (TPSA) is 212 Å². The van der Waals surface area contributed by atoms with E-state index in [9.17, 15) is 29.6 Å². The number of phosphoric ester groups is 1. The van der Waals surface area contributed by atoms with Crippen molar-refractivity contribution in [3.8, 4) is 5.75 Å². The Morgan fingerprint density at radius 2 is 2.03 bits per heavy atom. The van der Waals surface area contributed by atoms with Gasteiger partial charge in [-0.1, -0.05) is 6.07 Å². The van der Waals surface area contributed by atoms with Crippen LogP contribution in [0.4, 0.5) is 5.82 Å². The zero-order chi connectivity index (χ0) is 23.0. The predicted octanol–water partition coefficient (Wildman–Crippen LogP) is -0.293. The summed E-state index contributed by atoms with van der Waals surface area (Å²) < 4.78 is 28.3. The molecule has 15 heteroatoms. The van der Waals surface area contributed by atoms with Crippen molar-refractivity contribution in [2.75, 3.05) is 12.3 Å². The Morgan fingerprint density at radius 3 is 2.78 bits per heavy atom. The molecule has 2 aromatic heterocycles. The maximum Gasteiger partial charge on any atom is 0.529 e. The fraction of sp³-hybridized carbons (Fsp3) is 0.294. The molecule has 3 aromatic rings. The number of hydrogen-bond acceptors (Lipinski definition) is 12. The highest BCUT2D eigenvalue weighted by Gasteiger charge is 2.45. The van der Waals surface area contributed by atoms with E-state index in [4.69, 9.17) is 15.0 Å². The quantitative estimate of drug-likeness (QED) is 0.295. The molecule has 1 saturated heterocycles. The van der Waals surface area contributed by atoms with Gasteiger partial charge in [0.15, 0.2) is 17.7 Å². The average Bonchev–Trinajstić information content (AvgIpc) is 3.29. The van der Waals surface area contributed by atoms with E-state index in [0.29, 0.717) is 0 Å². The molecule has 32 heavy (non-hydrogen) atoms. The Labute approximate surface area is 179 Å². The lowest BCUT2D eigenvalue weighted by atomic mass is 10.1. The van der Waals surface area contributed by atoms with Crippen LogP contribution in [0.25, 0.3) is 11.2 Å². The fourth-order valence-electron chi connectivity index (χ4n) is 3.14. The summed E-state index contributed by atoms with van der Waals surface area (Å²) in [7, 11) is -4.91. The molecule has 3 heterocycles. The number of nitrogens with zero attached hydrogens (tertiary/aromatic N) is 4. The number of aromatic hydroxyl groups is 1. The standard InChI is InChI=1S/C17H18N5O9P/c18-14-11-15(20-6-19-14)22(7-21-11)16-13(25)12(24)10(30-16)5-29-32(27,28)31-17(26)8-2-1-3-9(23)4-8/h1-4,6-7,10,12-13,16,23-25H,5H2,(H,27,28)(H2,18,19,20)/t10-,12-,13-,16-/m1/s1. The number of phenols is 1. The molecule has 14 nitrogen and oxygen atoms in total. The van der Waals surface area contributed by atoms with Crippen molar-refractivity contribution < 1.29 is 43.4 Å². The van der Waals surface area contributed by atoms with Crippen LogP contribution in [0.2, 0.25) is 0 Å². The number of phenolic OH excluding ortho intramolecular Hbond substituents is 1. The second kappa shape index (κ2) is 8.43. The number of fused-ring (bicyclic) bond motifs is 1. The van der Waals surface area contributed by atoms with Crippen LogP contribution in [-0.2, 0) is 18.3 Å². The number of carbonyl (C=O) groups is 1. The van der Waals surface area contributed by atoms with Gasteiger partial charge in [-0.2, -0.15) is 0 Å². The van der Waals surface area contributed by atoms with E-state index in [1.807, 2.05) is 0 Å². The van der Waals surface area contributed by atoms with Gasteiger partial charge in [0, 0.05) is 0 Å². The van der Waals surface area contributed by atoms with Crippen molar-refractivity contribution in [2.24, 2.45) is 0 Å². The molecule has 1 fully saturated rings. The van der Waals surface area contributed by atoms with Gasteiger partial charge in [0.25, 0.3) is 0 Å². The Morgan fingerprint density at radius 1 is 1.25 bits per heavy atom. The molecule has 1 aromatic carbocycles. The molecule has 1 aliphatic rings. The van der Waals surface area contributed by atoms with Crippen LogP contribution in [0.1, 0.15) is 16.6 Å². The number of nitrogen functional groups attached to an aromatic ring is 1. The van der Waals surface area contributed by atoms with Crippen LogP contribution in [0.15, 0.2) is 36.9 Å². The van der Waals surface area contributed by atoms with Crippen LogP contribution >= 0.6 is 7.82 Å². The van der Waals surface area contributed by atoms with E-state index in [0.717, 1.165) is 6.07 Å². The van der Waals surface area contributed by atoms with E-state index < -0.39 is 44.9 Å². The van der Waals surface area contributed by atoms with Crippen molar-refractivity contribution >= 4 is 30.8 Å². The van der Waals surface area contributed by atoms with Crippen molar-refractivity contribution in [1.82, 2.24) is 19.5 Å². The minimum atomic E-state index is -4.91. The molecule has 0 saturated carbocycles. The number of aliphatic hydroxyl groups is 2. The van der Waals surface area contributed by atoms with E-state index in [2.05, 4.69) is 19.5 Å². The van der Waals surface area contributed by atoms with Gasteiger partial charge in [0.1, 0.15) is 35.9 Å². The Bertz CT molecular complexity index is 1200. The number of hydrogen-bond donors (Lipinski definition) is 5. The zero-order valence-electron chi connectivity index (χ0n) is 16.1. The molecule has 0 amide bonds. The number of carbonyl (C=O) groups excluding carboxylic acids is 1. The summed E-state index contributed by atoms with van der Waals surface area (Å²) in [4.78, 5) is 33.7. The molecule has 1 unspecified atom stereocenters. The lowest BCUT2D eigenvalue weighted by Gasteiger charge is -2.17. The SMILES string of the molecule is Nc1ncnc2c1ncn2[C@@H]1O[C@H](COP(=O)(O)OC(=O)c2cccc(O)c2)[C@@H](O)[C@H]1O. The molecular formula is C17H18N5O9P. The van der Waals surface area contributed by atoms with Crippen LogP contribution in [0.3, 0.4) is 0 Å². The summed E-state index contributed by atoms with van der Waals surface area (Å²) in [6, 6.07) is 4.95. The Kier molecular flexibility index (Phi) is 5.81. The number of rotatable bonds is 6. The van der Waals surface area contributed by atoms with E-state index in [-0.39, 0.29) is 28.3 Å². The highest BCUT2D eigenvalue weighted by atomic mass is 31.2. The zero-order valence-corrected chi connectivity index (χ0v) is 17.0. The number of anilines is 1. The highest BCUT2D eigenvalue weighted by molar-refractivity contribution is 7.48. The van der Waals surface area contributed by atoms with Crippen LogP contribution in [0.5, 0.6) is 5.75 Å². The first-order valence-electron chi connectivity index (χ1n) is 9.11. The highest BCUT2D eigenvalue weighted by Crippen LogP contribution is 2.45. The maximum absolute atomic E-state index is 12.1. The number of benzene rings is 1. The minimum absolute atomic E-state index is 0.108. The Balaban J connectivity index is 1.42. The predicted molar refractivity (Wildman–Crippen MR) is 105 cm³/mol. The molecule has 1 aliphatic heterocycles. The van der Waals surface area contributed by atoms with Crippen molar-refractivity contribution in [3.05, 3.63) is 42.5 Å². The first kappa shape index (κ1) is 22.1. The summed E-state index contributed by atoms with van der Waals surface area (Å²) in [5.41, 5.74) is 6.05. The van der Waals surface area contributed by atoms with Crippen molar-refractivity contribution in [2.45, 2.75) is 24.5 Å². The Hall–Kier alpha value is -3.13. The molecule has 0 spiro atoms. The summed E-state index contributed by atoms with van der Waals surface area (Å²) >= 11 is 0. The lowest BCUT2D eigenvalue weighted by Crippen LogP contribution is -2.33. The van der Waals surface area contributed by atoms with Gasteiger partial charge in [-0.15, -0.1) is 0 Å². The second-order valence-electron chi connectivity index (χ2n) is 6.82. The van der Waals surface area contributed by atoms with Crippen LogP contribution in [-0.4, -0.2) is 70.6 Å². The molecule has 6 N–H and O–H groups in total. The van der Waals surface area contributed by atoms with Gasteiger partial charge in [-0.25, -0.2) is 24.3 Å². The number of aliphatic hydroxyl groups excluding tert-OH is 2. The molecule has 0 aliphatic carbocycles. The monoisotopic (exact) mass is 467 g/mol. The summed E-state index contributed by atoms with van der Waals surface area (Å²) in [6.45, 7) is -0.695. The molecular weight excluding hydrogens is 449 g/mol. The largest absolute Gasteiger partial charge is 0.529 e. The van der Waals surface area contributed by atoms with E-state index >= 15 is 0 Å². The molecule has 4 rings (SSSR count). The normalized spacial score (nSPS) is 25.0. The summed E-state index contributed by atoms with van der Waals surface area (Å²) in [5.74, 6) is -1.34. The van der Waals surface area contributed by atoms with Crippen molar-refractivity contribution in [3.63, 3.8) is 0 Å². The third kappa shape index (κ3) is 4.27. The van der Waals surface area contributed by atoms with Gasteiger partial charge < -0.3 is 30.3 Å². The van der Waals surface area contributed by atoms with Gasteiger partial charge in [0.05, 0.1) is 18.5 Å². The summed E-state index contributed by atoms with van der Waals surface area (Å²) in [6.07, 6.45) is -2.93. The van der Waals surface area contributed by atoms with Gasteiger partial charge in [-0.3, -0.25) is 14.0 Å². The first-order valence-corrected chi connectivity index (χ1v) is 10.6. The maximum atomic E-state index is 12.1. The second-order valence-corrected chi connectivity index (χ2v) is 8.20. The van der Waals surface area contributed by atoms with Gasteiger partial charge in [-0.05, 0) is 18.2 Å². The first-order chi connectivity index (χ1) is 15.2. The van der Waals surface area contributed by atoms with E-state index in [1.165, 1.54) is 35.4 Å². The smallest absolute Gasteiger partial charge is 0.508 e. The summed E-state index contributed by atoms with van der Waals surface area (Å²) in [5, 5.41) is 30.1. The number of imidazole rings is 1. The van der Waals surface area contributed by atoms with Gasteiger partial charge >= 0.3 is 13.8 Å².